The number of guanidine groups is 1. The number of hydrogen-bond acceptors (Lipinski definition) is 2. The molecule has 0 bridgehead atoms. The molecule has 0 heterocycles. The van der Waals surface area contributed by atoms with E-state index >= 15 is 0 Å². The molecule has 2 N–H and O–H groups in total. The van der Waals surface area contributed by atoms with E-state index in [2.05, 4.69) is 39.9 Å². The van der Waals surface area contributed by atoms with Gasteiger partial charge in [0.1, 0.15) is 0 Å². The molecule has 0 aromatic heterocycles. The molecule has 0 spiro atoms. The summed E-state index contributed by atoms with van der Waals surface area (Å²) in [6, 6.07) is 11.1. The normalized spacial score (nSPS) is 15.3. The van der Waals surface area contributed by atoms with E-state index in [0.717, 1.165) is 38.6 Å². The minimum absolute atomic E-state index is 0. The molecule has 0 atom stereocenters. The van der Waals surface area contributed by atoms with E-state index < -0.39 is 0 Å². The van der Waals surface area contributed by atoms with E-state index in [1.165, 1.54) is 31.2 Å². The van der Waals surface area contributed by atoms with E-state index in [-0.39, 0.29) is 24.0 Å². The van der Waals surface area contributed by atoms with Gasteiger partial charge in [0.25, 0.3) is 0 Å². The van der Waals surface area contributed by atoms with Crippen LogP contribution in [0.4, 0.5) is 0 Å². The Bertz CT molecular complexity index is 433. The van der Waals surface area contributed by atoms with Crippen LogP contribution in [0.1, 0.15) is 37.7 Å². The monoisotopic (exact) mass is 431 g/mol. The van der Waals surface area contributed by atoms with E-state index in [9.17, 15) is 0 Å². The summed E-state index contributed by atoms with van der Waals surface area (Å²) in [6.45, 7) is 2.48. The van der Waals surface area contributed by atoms with Crippen molar-refractivity contribution in [3.8, 4) is 0 Å². The third-order valence-corrected chi connectivity index (χ3v) is 4.06. The van der Waals surface area contributed by atoms with Crippen LogP contribution in [-0.4, -0.2) is 38.8 Å². The van der Waals surface area contributed by atoms with Crippen LogP contribution in [0.3, 0.4) is 0 Å². The van der Waals surface area contributed by atoms with Crippen molar-refractivity contribution in [1.82, 2.24) is 10.6 Å². The Balaban J connectivity index is 0.00000264. The van der Waals surface area contributed by atoms with Crippen molar-refractivity contribution >= 4 is 29.9 Å². The van der Waals surface area contributed by atoms with Gasteiger partial charge in [-0.1, -0.05) is 43.2 Å². The molecule has 1 aliphatic rings. The topological polar surface area (TPSA) is 45.7 Å². The van der Waals surface area contributed by atoms with Gasteiger partial charge >= 0.3 is 0 Å². The zero-order chi connectivity index (χ0) is 15.5. The Hall–Kier alpha value is -0.820. The standard InChI is InChI=1S/C18H29N3O.HI/c1-19-18(21-17-10-5-6-11-17)20-13-7-14-22-15-12-16-8-3-2-4-9-16;/h2-4,8-9,17H,5-7,10-15H2,1H3,(H2,19,20,21);1H. The first-order valence-corrected chi connectivity index (χ1v) is 8.47. The van der Waals surface area contributed by atoms with Crippen molar-refractivity contribution in [2.75, 3.05) is 26.8 Å². The van der Waals surface area contributed by atoms with Crippen LogP contribution in [0.15, 0.2) is 35.3 Å². The van der Waals surface area contributed by atoms with Crippen molar-refractivity contribution in [2.45, 2.75) is 44.6 Å². The molecule has 1 fully saturated rings. The van der Waals surface area contributed by atoms with Crippen LogP contribution in [0, 0.1) is 0 Å². The van der Waals surface area contributed by atoms with Crippen molar-refractivity contribution in [3.05, 3.63) is 35.9 Å². The Morgan fingerprint density at radius 2 is 1.91 bits per heavy atom. The SMILES string of the molecule is CN=C(NCCCOCCc1ccccc1)NC1CCCC1.I. The third-order valence-electron chi connectivity index (χ3n) is 4.06. The van der Waals surface area contributed by atoms with Gasteiger partial charge < -0.3 is 15.4 Å². The van der Waals surface area contributed by atoms with Crippen LogP contribution in [0.2, 0.25) is 0 Å². The van der Waals surface area contributed by atoms with Gasteiger partial charge in [-0.3, -0.25) is 4.99 Å². The third kappa shape index (κ3) is 8.55. The fourth-order valence-electron chi connectivity index (χ4n) is 2.78. The summed E-state index contributed by atoms with van der Waals surface area (Å²) in [7, 11) is 1.83. The van der Waals surface area contributed by atoms with Crippen LogP contribution >= 0.6 is 24.0 Å². The molecular weight excluding hydrogens is 401 g/mol. The fourth-order valence-corrected chi connectivity index (χ4v) is 2.78. The number of benzene rings is 1. The van der Waals surface area contributed by atoms with Gasteiger partial charge in [-0.15, -0.1) is 24.0 Å². The van der Waals surface area contributed by atoms with Gasteiger partial charge in [0.2, 0.25) is 0 Å². The van der Waals surface area contributed by atoms with Gasteiger partial charge in [-0.25, -0.2) is 0 Å². The van der Waals surface area contributed by atoms with E-state index in [4.69, 9.17) is 4.74 Å². The van der Waals surface area contributed by atoms with Crippen molar-refractivity contribution < 1.29 is 4.74 Å². The molecule has 4 nitrogen and oxygen atoms in total. The zero-order valence-corrected chi connectivity index (χ0v) is 16.4. The minimum Gasteiger partial charge on any atom is -0.381 e. The molecule has 2 rings (SSSR count). The second-order valence-electron chi connectivity index (χ2n) is 5.83. The molecule has 1 aromatic carbocycles. The van der Waals surface area contributed by atoms with Crippen molar-refractivity contribution in [2.24, 2.45) is 4.99 Å². The quantitative estimate of drug-likeness (QED) is 0.287. The summed E-state index contributed by atoms with van der Waals surface area (Å²) < 4.78 is 5.69. The number of ether oxygens (including phenoxy) is 1. The van der Waals surface area contributed by atoms with E-state index in [0.29, 0.717) is 6.04 Å². The summed E-state index contributed by atoms with van der Waals surface area (Å²) >= 11 is 0. The predicted octanol–water partition coefficient (Wildman–Crippen LogP) is 3.36. The Kier molecular flexibility index (Phi) is 11.1. The molecule has 5 heteroatoms. The van der Waals surface area contributed by atoms with Gasteiger partial charge in [0.05, 0.1) is 6.61 Å². The molecule has 1 aliphatic carbocycles. The fraction of sp³-hybridized carbons (Fsp3) is 0.611. The molecule has 1 saturated carbocycles. The second-order valence-corrected chi connectivity index (χ2v) is 5.83. The maximum absolute atomic E-state index is 5.69. The molecule has 130 valence electrons. The molecule has 23 heavy (non-hydrogen) atoms. The van der Waals surface area contributed by atoms with E-state index in [1.54, 1.807) is 0 Å². The summed E-state index contributed by atoms with van der Waals surface area (Å²) in [5, 5.41) is 6.85. The van der Waals surface area contributed by atoms with Crippen LogP contribution in [-0.2, 0) is 11.2 Å². The van der Waals surface area contributed by atoms with E-state index in [1.807, 2.05) is 13.1 Å². The van der Waals surface area contributed by atoms with Gasteiger partial charge in [-0.05, 0) is 31.2 Å². The van der Waals surface area contributed by atoms with Gasteiger partial charge in [0, 0.05) is 26.2 Å². The summed E-state index contributed by atoms with van der Waals surface area (Å²) in [5.41, 5.74) is 1.33. The van der Waals surface area contributed by atoms with Crippen LogP contribution in [0.5, 0.6) is 0 Å². The summed E-state index contributed by atoms with van der Waals surface area (Å²) in [4.78, 5) is 4.28. The summed E-state index contributed by atoms with van der Waals surface area (Å²) in [6.07, 6.45) is 7.19. The number of halogens is 1. The first-order chi connectivity index (χ1) is 10.9. The summed E-state index contributed by atoms with van der Waals surface area (Å²) in [5.74, 6) is 0.927. The number of aliphatic imine (C=N–C) groups is 1. The molecule has 0 saturated heterocycles. The lowest BCUT2D eigenvalue weighted by atomic mass is 10.2. The number of nitrogens with zero attached hydrogens (tertiary/aromatic N) is 1. The average Bonchev–Trinajstić information content (AvgIpc) is 3.07. The second kappa shape index (κ2) is 12.6. The highest BCUT2D eigenvalue weighted by molar-refractivity contribution is 14.0. The maximum atomic E-state index is 5.69. The largest absolute Gasteiger partial charge is 0.381 e. The highest BCUT2D eigenvalue weighted by Gasteiger charge is 2.15. The molecule has 0 aliphatic heterocycles. The molecule has 0 amide bonds. The molecular formula is C18H30IN3O. The minimum atomic E-state index is 0. The smallest absolute Gasteiger partial charge is 0.191 e. The lowest BCUT2D eigenvalue weighted by Gasteiger charge is -2.16. The predicted molar refractivity (Wildman–Crippen MR) is 108 cm³/mol. The Morgan fingerprint density at radius 3 is 2.61 bits per heavy atom. The Labute approximate surface area is 157 Å². The first kappa shape index (κ1) is 20.2. The number of hydrogen-bond donors (Lipinski definition) is 2. The van der Waals surface area contributed by atoms with Crippen molar-refractivity contribution in [1.29, 1.82) is 0 Å². The number of nitrogens with one attached hydrogen (secondary N) is 2. The molecule has 0 radical (unpaired) electrons. The first-order valence-electron chi connectivity index (χ1n) is 8.47. The Morgan fingerprint density at radius 1 is 1.17 bits per heavy atom. The van der Waals surface area contributed by atoms with Crippen molar-refractivity contribution in [3.63, 3.8) is 0 Å². The highest BCUT2D eigenvalue weighted by atomic mass is 127. The molecule has 1 aromatic rings. The zero-order valence-electron chi connectivity index (χ0n) is 14.1. The van der Waals surface area contributed by atoms with Crippen LogP contribution in [0.25, 0.3) is 0 Å². The lowest BCUT2D eigenvalue weighted by Crippen LogP contribution is -2.42. The average molecular weight is 431 g/mol. The van der Waals surface area contributed by atoms with Gasteiger partial charge in [-0.2, -0.15) is 0 Å². The van der Waals surface area contributed by atoms with Gasteiger partial charge in [0.15, 0.2) is 5.96 Å². The maximum Gasteiger partial charge on any atom is 0.191 e. The highest BCUT2D eigenvalue weighted by Crippen LogP contribution is 2.17. The van der Waals surface area contributed by atoms with Crippen LogP contribution < -0.4 is 10.6 Å². The number of rotatable bonds is 8. The molecule has 0 unspecified atom stereocenters. The lowest BCUT2D eigenvalue weighted by molar-refractivity contribution is 0.135.